The minimum absolute atomic E-state index is 1.06. The third-order valence-electron chi connectivity index (χ3n) is 6.78. The first-order valence-electron chi connectivity index (χ1n) is 12.0. The van der Waals surface area contributed by atoms with Crippen LogP contribution in [-0.4, -0.2) is 16.4 Å². The highest BCUT2D eigenvalue weighted by Gasteiger charge is 2.40. The minimum atomic E-state index is -2.05. The topological polar surface area (TPSA) is 9.23 Å². The molecule has 0 aromatic heterocycles. The molecule has 0 aliphatic heterocycles. The molecule has 3 aromatic rings. The molecule has 0 heterocycles. The highest BCUT2D eigenvalue weighted by Crippen LogP contribution is 2.35. The average Bonchev–Trinajstić information content (AvgIpc) is 3.26. The molecule has 1 aliphatic carbocycles. The van der Waals surface area contributed by atoms with E-state index in [0.717, 1.165) is 12.2 Å². The van der Waals surface area contributed by atoms with Gasteiger partial charge in [-0.3, -0.25) is 0 Å². The standard InChI is InChI=1S/C29H36OSi2/c1-7-32(8-2,27-19-13-17-23-16-12-18-25(23)27)28-21-22(3)20-26(24-14-10-9-11-15-24)29(28)30-31(4,5)6/h9-15,17-21H,7-8,16H2,1-6H3. The second-order valence-electron chi connectivity index (χ2n) is 10.0. The van der Waals surface area contributed by atoms with Crippen LogP contribution in [0.2, 0.25) is 31.7 Å². The fourth-order valence-corrected chi connectivity index (χ4v) is 10.8. The van der Waals surface area contributed by atoms with E-state index < -0.39 is 16.4 Å². The molecule has 0 saturated carbocycles. The molecule has 1 nitrogen and oxygen atoms in total. The summed E-state index contributed by atoms with van der Waals surface area (Å²) in [6.45, 7) is 13.9. The predicted molar refractivity (Wildman–Crippen MR) is 146 cm³/mol. The van der Waals surface area contributed by atoms with Crippen LogP contribution in [-0.2, 0) is 6.42 Å². The minimum Gasteiger partial charge on any atom is -0.544 e. The van der Waals surface area contributed by atoms with Crippen molar-refractivity contribution in [2.24, 2.45) is 0 Å². The van der Waals surface area contributed by atoms with Crippen molar-refractivity contribution >= 4 is 32.8 Å². The molecule has 4 rings (SSSR count). The fraction of sp³-hybridized carbons (Fsp3) is 0.310. The number of allylic oxidation sites excluding steroid dienone is 1. The van der Waals surface area contributed by atoms with E-state index in [-0.39, 0.29) is 0 Å². The molecule has 3 aromatic carbocycles. The van der Waals surface area contributed by atoms with Crippen LogP contribution < -0.4 is 14.8 Å². The molecule has 0 radical (unpaired) electrons. The first-order chi connectivity index (χ1) is 15.3. The van der Waals surface area contributed by atoms with Gasteiger partial charge in [0.25, 0.3) is 0 Å². The van der Waals surface area contributed by atoms with Crippen molar-refractivity contribution in [2.45, 2.75) is 58.9 Å². The van der Waals surface area contributed by atoms with E-state index in [1.807, 2.05) is 0 Å². The van der Waals surface area contributed by atoms with Crippen LogP contribution in [0.15, 0.2) is 66.7 Å². The Hall–Kier alpha value is -2.37. The van der Waals surface area contributed by atoms with Crippen LogP contribution in [0.3, 0.4) is 0 Å². The van der Waals surface area contributed by atoms with Crippen molar-refractivity contribution in [1.82, 2.24) is 0 Å². The van der Waals surface area contributed by atoms with Crippen molar-refractivity contribution in [3.8, 4) is 16.9 Å². The van der Waals surface area contributed by atoms with Gasteiger partial charge in [0.15, 0.2) is 0 Å². The summed E-state index contributed by atoms with van der Waals surface area (Å²) in [7, 11) is -3.88. The van der Waals surface area contributed by atoms with E-state index in [0.29, 0.717) is 0 Å². The Labute approximate surface area is 196 Å². The van der Waals surface area contributed by atoms with E-state index in [1.54, 1.807) is 5.19 Å². The average molecular weight is 457 g/mol. The Bertz CT molecular complexity index is 1140. The van der Waals surface area contributed by atoms with Crippen LogP contribution in [0.5, 0.6) is 5.75 Å². The van der Waals surface area contributed by atoms with Crippen molar-refractivity contribution in [1.29, 1.82) is 0 Å². The molecule has 0 saturated heterocycles. The summed E-state index contributed by atoms with van der Waals surface area (Å²) < 4.78 is 6.98. The van der Waals surface area contributed by atoms with Gasteiger partial charge in [0, 0.05) is 5.56 Å². The number of rotatable bonds is 7. The Morgan fingerprint density at radius 3 is 2.22 bits per heavy atom. The highest BCUT2D eigenvalue weighted by molar-refractivity contribution is 7.03. The van der Waals surface area contributed by atoms with E-state index in [1.165, 1.54) is 45.1 Å². The zero-order valence-corrected chi connectivity index (χ0v) is 22.5. The lowest BCUT2D eigenvalue weighted by Crippen LogP contribution is -2.59. The quantitative estimate of drug-likeness (QED) is 0.346. The summed E-state index contributed by atoms with van der Waals surface area (Å²) in [6, 6.07) is 24.9. The van der Waals surface area contributed by atoms with E-state index in [2.05, 4.69) is 113 Å². The van der Waals surface area contributed by atoms with Crippen molar-refractivity contribution < 1.29 is 4.43 Å². The second-order valence-corrected chi connectivity index (χ2v) is 19.1. The summed E-state index contributed by atoms with van der Waals surface area (Å²) in [5, 5.41) is 3.07. The van der Waals surface area contributed by atoms with E-state index in [4.69, 9.17) is 4.43 Å². The highest BCUT2D eigenvalue weighted by atomic mass is 28.4. The molecule has 0 atom stereocenters. The van der Waals surface area contributed by atoms with Gasteiger partial charge in [-0.15, -0.1) is 0 Å². The number of hydrogen-bond donors (Lipinski definition) is 0. The van der Waals surface area contributed by atoms with Crippen LogP contribution >= 0.6 is 0 Å². The Morgan fingerprint density at radius 2 is 1.56 bits per heavy atom. The van der Waals surface area contributed by atoms with E-state index in [9.17, 15) is 0 Å². The predicted octanol–water partition coefficient (Wildman–Crippen LogP) is 7.05. The first kappa shape index (κ1) is 22.8. The maximum absolute atomic E-state index is 6.98. The number of aryl methyl sites for hydroxylation is 1. The largest absolute Gasteiger partial charge is 0.544 e. The molecule has 0 N–H and O–H groups in total. The monoisotopic (exact) mass is 456 g/mol. The molecule has 166 valence electrons. The summed E-state index contributed by atoms with van der Waals surface area (Å²) >= 11 is 0. The number of fused-ring (bicyclic) bond motifs is 1. The van der Waals surface area contributed by atoms with Gasteiger partial charge >= 0.3 is 0 Å². The molecule has 0 fully saturated rings. The van der Waals surface area contributed by atoms with Gasteiger partial charge in [-0.05, 0) is 66.1 Å². The molecule has 0 spiro atoms. The smallest absolute Gasteiger partial charge is 0.242 e. The van der Waals surface area contributed by atoms with Gasteiger partial charge in [-0.2, -0.15) is 0 Å². The van der Waals surface area contributed by atoms with Crippen LogP contribution in [0, 0.1) is 6.92 Å². The van der Waals surface area contributed by atoms with Gasteiger partial charge in [0.05, 0.1) is 0 Å². The second kappa shape index (κ2) is 8.88. The molecule has 0 amide bonds. The number of hydrogen-bond acceptors (Lipinski definition) is 1. The van der Waals surface area contributed by atoms with Gasteiger partial charge in [-0.25, -0.2) is 0 Å². The van der Waals surface area contributed by atoms with Crippen LogP contribution in [0.4, 0.5) is 0 Å². The lowest BCUT2D eigenvalue weighted by Gasteiger charge is -2.36. The molecular weight excluding hydrogens is 420 g/mol. The molecule has 0 unspecified atom stereocenters. The molecule has 1 aliphatic rings. The Balaban J connectivity index is 2.06. The van der Waals surface area contributed by atoms with E-state index >= 15 is 0 Å². The summed E-state index contributed by atoms with van der Waals surface area (Å²) in [5.41, 5.74) is 6.78. The third-order valence-corrected chi connectivity index (χ3v) is 12.9. The number of benzene rings is 3. The zero-order chi connectivity index (χ0) is 22.9. The maximum Gasteiger partial charge on any atom is 0.242 e. The molecule has 32 heavy (non-hydrogen) atoms. The summed E-state index contributed by atoms with van der Waals surface area (Å²) in [5.74, 6) is 1.15. The lowest BCUT2D eigenvalue weighted by molar-refractivity contribution is 0.563. The lowest BCUT2D eigenvalue weighted by atomic mass is 10.0. The molecular formula is C29H36OSi2. The zero-order valence-electron chi connectivity index (χ0n) is 20.5. The van der Waals surface area contributed by atoms with Crippen molar-refractivity contribution in [3.05, 3.63) is 83.4 Å². The van der Waals surface area contributed by atoms with Crippen molar-refractivity contribution in [2.75, 3.05) is 0 Å². The Morgan fingerprint density at radius 1 is 0.844 bits per heavy atom. The Kier molecular flexibility index (Phi) is 6.33. The SMILES string of the molecule is CC[Si](CC)(c1cccc2c1C=CC2)c1cc(C)cc(-c2ccccc2)c1O[Si](C)(C)C. The van der Waals surface area contributed by atoms with Gasteiger partial charge < -0.3 is 4.43 Å². The van der Waals surface area contributed by atoms with Crippen LogP contribution in [0.25, 0.3) is 17.2 Å². The normalized spacial score (nSPS) is 13.3. The van der Waals surface area contributed by atoms with Gasteiger partial charge in [0.1, 0.15) is 13.8 Å². The molecule has 0 bridgehead atoms. The summed E-state index contributed by atoms with van der Waals surface area (Å²) in [6.07, 6.45) is 5.75. The van der Waals surface area contributed by atoms with Crippen molar-refractivity contribution in [3.63, 3.8) is 0 Å². The summed E-state index contributed by atoms with van der Waals surface area (Å²) in [4.78, 5) is 0. The third kappa shape index (κ3) is 4.16. The first-order valence-corrected chi connectivity index (χ1v) is 17.8. The maximum atomic E-state index is 6.98. The van der Waals surface area contributed by atoms with Gasteiger partial charge in [0.2, 0.25) is 8.32 Å². The van der Waals surface area contributed by atoms with Gasteiger partial charge in [-0.1, -0.05) is 98.2 Å². The molecule has 3 heteroatoms. The fourth-order valence-electron chi connectivity index (χ4n) is 5.24. The van der Waals surface area contributed by atoms with Crippen LogP contribution in [0.1, 0.15) is 30.5 Å².